The summed E-state index contributed by atoms with van der Waals surface area (Å²) in [6, 6.07) is 6.12. The Bertz CT molecular complexity index is 794. The highest BCUT2D eigenvalue weighted by Gasteiger charge is 2.13. The fourth-order valence-corrected chi connectivity index (χ4v) is 2.22. The van der Waals surface area contributed by atoms with Gasteiger partial charge < -0.3 is 5.32 Å². The number of halogens is 1. The lowest BCUT2D eigenvalue weighted by Crippen LogP contribution is -2.06. The molecule has 0 atom stereocenters. The number of anilines is 2. The molecule has 1 aromatic carbocycles. The van der Waals surface area contributed by atoms with Crippen LogP contribution in [0.1, 0.15) is 16.7 Å². The van der Waals surface area contributed by atoms with Crippen LogP contribution < -0.4 is 5.32 Å². The van der Waals surface area contributed by atoms with E-state index in [1.165, 1.54) is 17.5 Å². The zero-order valence-electron chi connectivity index (χ0n) is 11.5. The Labute approximate surface area is 121 Å². The zero-order chi connectivity index (χ0) is 14.3. The molecule has 0 spiro atoms. The van der Waals surface area contributed by atoms with Gasteiger partial charge in [0.05, 0.1) is 0 Å². The fourth-order valence-electron chi connectivity index (χ4n) is 2.06. The fraction of sp³-hybridized carbons (Fsp3) is 0.214. The zero-order valence-corrected chi connectivity index (χ0v) is 12.2. The van der Waals surface area contributed by atoms with Crippen LogP contribution in [0.15, 0.2) is 24.5 Å². The van der Waals surface area contributed by atoms with E-state index >= 15 is 0 Å². The molecule has 0 aliphatic carbocycles. The molecule has 0 saturated carbocycles. The van der Waals surface area contributed by atoms with E-state index in [1.54, 1.807) is 4.52 Å². The summed E-state index contributed by atoms with van der Waals surface area (Å²) in [5, 5.41) is 8.01. The van der Waals surface area contributed by atoms with Crippen LogP contribution in [0.2, 0.25) is 5.15 Å². The summed E-state index contributed by atoms with van der Waals surface area (Å²) in [6.07, 6.45) is 1.46. The minimum absolute atomic E-state index is 0.429. The van der Waals surface area contributed by atoms with E-state index in [0.29, 0.717) is 10.9 Å². The molecule has 3 rings (SSSR count). The van der Waals surface area contributed by atoms with E-state index in [0.717, 1.165) is 17.1 Å². The predicted octanol–water partition coefficient (Wildman–Crippen LogP) is 3.45. The standard InChI is InChI=1S/C14H14ClN5/c1-8-5-4-6-11(9(8)2)18-13-10(3)12(15)19-14-16-7-17-20(13)14/h4-7,18H,1-3H3. The van der Waals surface area contributed by atoms with Gasteiger partial charge in [-0.05, 0) is 38.0 Å². The number of aromatic nitrogens is 4. The van der Waals surface area contributed by atoms with Crippen molar-refractivity contribution < 1.29 is 0 Å². The first kappa shape index (κ1) is 12.9. The molecule has 0 fully saturated rings. The number of benzene rings is 1. The third-order valence-corrected chi connectivity index (χ3v) is 3.83. The van der Waals surface area contributed by atoms with Crippen molar-refractivity contribution in [2.75, 3.05) is 5.32 Å². The van der Waals surface area contributed by atoms with Gasteiger partial charge in [0.1, 0.15) is 17.3 Å². The summed E-state index contributed by atoms with van der Waals surface area (Å²) < 4.78 is 1.66. The van der Waals surface area contributed by atoms with Gasteiger partial charge in [0, 0.05) is 11.3 Å². The molecule has 20 heavy (non-hydrogen) atoms. The molecule has 2 aromatic heterocycles. The third-order valence-electron chi connectivity index (χ3n) is 3.46. The highest BCUT2D eigenvalue weighted by molar-refractivity contribution is 6.30. The van der Waals surface area contributed by atoms with Crippen molar-refractivity contribution in [1.29, 1.82) is 0 Å². The second-order valence-electron chi connectivity index (χ2n) is 4.72. The molecule has 0 amide bonds. The van der Waals surface area contributed by atoms with Crippen LogP contribution in [-0.2, 0) is 0 Å². The smallest absolute Gasteiger partial charge is 0.255 e. The SMILES string of the molecule is Cc1cccc(Nc2c(C)c(Cl)nc3ncnn23)c1C. The summed E-state index contributed by atoms with van der Waals surface area (Å²) >= 11 is 6.15. The maximum absolute atomic E-state index is 6.15. The first-order chi connectivity index (χ1) is 9.58. The molecule has 2 heterocycles. The first-order valence-corrected chi connectivity index (χ1v) is 6.65. The van der Waals surface area contributed by atoms with Crippen molar-refractivity contribution in [3.05, 3.63) is 46.4 Å². The topological polar surface area (TPSA) is 55.1 Å². The number of hydrogen-bond acceptors (Lipinski definition) is 4. The Morgan fingerprint density at radius 3 is 2.75 bits per heavy atom. The molecule has 5 nitrogen and oxygen atoms in total. The highest BCUT2D eigenvalue weighted by Crippen LogP contribution is 2.27. The van der Waals surface area contributed by atoms with Gasteiger partial charge in [0.2, 0.25) is 0 Å². The number of nitrogens with zero attached hydrogens (tertiary/aromatic N) is 4. The minimum Gasteiger partial charge on any atom is -0.340 e. The summed E-state index contributed by atoms with van der Waals surface area (Å²) in [6.45, 7) is 6.07. The first-order valence-electron chi connectivity index (χ1n) is 6.27. The maximum Gasteiger partial charge on any atom is 0.255 e. The predicted molar refractivity (Wildman–Crippen MR) is 79.7 cm³/mol. The Morgan fingerprint density at radius 1 is 1.15 bits per heavy atom. The number of aryl methyl sites for hydroxylation is 1. The van der Waals surface area contributed by atoms with Gasteiger partial charge in [-0.2, -0.15) is 19.6 Å². The molecule has 0 saturated heterocycles. The van der Waals surface area contributed by atoms with Crippen LogP contribution in [0.3, 0.4) is 0 Å². The van der Waals surface area contributed by atoms with E-state index in [9.17, 15) is 0 Å². The quantitative estimate of drug-likeness (QED) is 0.734. The largest absolute Gasteiger partial charge is 0.340 e. The summed E-state index contributed by atoms with van der Waals surface area (Å²) in [5.41, 5.74) is 4.27. The molecule has 102 valence electrons. The number of rotatable bonds is 2. The van der Waals surface area contributed by atoms with Gasteiger partial charge in [-0.15, -0.1) is 0 Å². The van der Waals surface area contributed by atoms with Crippen LogP contribution in [0.4, 0.5) is 11.5 Å². The lowest BCUT2D eigenvalue weighted by molar-refractivity contribution is 0.936. The van der Waals surface area contributed by atoms with Crippen LogP contribution in [0, 0.1) is 20.8 Å². The monoisotopic (exact) mass is 287 g/mol. The Kier molecular flexibility index (Phi) is 3.06. The van der Waals surface area contributed by atoms with Gasteiger partial charge in [-0.25, -0.2) is 0 Å². The maximum atomic E-state index is 6.15. The molecule has 0 aliphatic heterocycles. The van der Waals surface area contributed by atoms with Crippen molar-refractivity contribution in [2.24, 2.45) is 0 Å². The minimum atomic E-state index is 0.429. The average Bonchev–Trinajstić information content (AvgIpc) is 2.87. The van der Waals surface area contributed by atoms with Gasteiger partial charge in [-0.3, -0.25) is 0 Å². The number of hydrogen-bond donors (Lipinski definition) is 1. The number of nitrogens with one attached hydrogen (secondary N) is 1. The Morgan fingerprint density at radius 2 is 1.95 bits per heavy atom. The Balaban J connectivity index is 2.17. The van der Waals surface area contributed by atoms with Crippen LogP contribution >= 0.6 is 11.6 Å². The second kappa shape index (κ2) is 4.76. The molecule has 0 unspecified atom stereocenters. The molecule has 6 heteroatoms. The molecule has 0 aliphatic rings. The van der Waals surface area contributed by atoms with Crippen molar-refractivity contribution in [2.45, 2.75) is 20.8 Å². The molecule has 0 radical (unpaired) electrons. The van der Waals surface area contributed by atoms with Crippen molar-refractivity contribution in [3.8, 4) is 0 Å². The summed E-state index contributed by atoms with van der Waals surface area (Å²) in [7, 11) is 0. The van der Waals surface area contributed by atoms with E-state index in [-0.39, 0.29) is 0 Å². The molecular formula is C14H14ClN5. The lowest BCUT2D eigenvalue weighted by Gasteiger charge is -2.14. The van der Waals surface area contributed by atoms with Crippen molar-refractivity contribution >= 4 is 28.9 Å². The Hall–Kier alpha value is -2.14. The van der Waals surface area contributed by atoms with Crippen LogP contribution in [0.5, 0.6) is 0 Å². The summed E-state index contributed by atoms with van der Waals surface area (Å²) in [4.78, 5) is 8.27. The highest BCUT2D eigenvalue weighted by atomic mass is 35.5. The van der Waals surface area contributed by atoms with E-state index in [1.807, 2.05) is 19.1 Å². The molecule has 1 N–H and O–H groups in total. The van der Waals surface area contributed by atoms with Crippen LogP contribution in [0.25, 0.3) is 5.78 Å². The summed E-state index contributed by atoms with van der Waals surface area (Å²) in [5.74, 6) is 1.26. The van der Waals surface area contributed by atoms with Crippen LogP contribution in [-0.4, -0.2) is 19.6 Å². The molecular weight excluding hydrogens is 274 g/mol. The van der Waals surface area contributed by atoms with E-state index < -0.39 is 0 Å². The third kappa shape index (κ3) is 2.00. The van der Waals surface area contributed by atoms with Gasteiger partial charge in [-0.1, -0.05) is 23.7 Å². The van der Waals surface area contributed by atoms with Gasteiger partial charge in [0.15, 0.2) is 0 Å². The van der Waals surface area contributed by atoms with Gasteiger partial charge >= 0.3 is 0 Å². The lowest BCUT2D eigenvalue weighted by atomic mass is 10.1. The number of fused-ring (bicyclic) bond motifs is 1. The van der Waals surface area contributed by atoms with E-state index in [2.05, 4.69) is 40.3 Å². The van der Waals surface area contributed by atoms with Gasteiger partial charge in [0.25, 0.3) is 5.78 Å². The van der Waals surface area contributed by atoms with Crippen molar-refractivity contribution in [1.82, 2.24) is 19.6 Å². The van der Waals surface area contributed by atoms with E-state index in [4.69, 9.17) is 11.6 Å². The normalized spacial score (nSPS) is 11.0. The second-order valence-corrected chi connectivity index (χ2v) is 5.08. The average molecular weight is 288 g/mol. The molecule has 0 bridgehead atoms. The van der Waals surface area contributed by atoms with Crippen molar-refractivity contribution in [3.63, 3.8) is 0 Å². The molecule has 3 aromatic rings.